The molecule has 2 nitrogen and oxygen atoms in total. The van der Waals surface area contributed by atoms with E-state index in [1.54, 1.807) is 0 Å². The summed E-state index contributed by atoms with van der Waals surface area (Å²) in [6.07, 6.45) is 7.34. The molecule has 0 aromatic carbocycles. The van der Waals surface area contributed by atoms with Crippen LogP contribution < -0.4 is 5.90 Å². The first-order valence-corrected chi connectivity index (χ1v) is 4.47. The fourth-order valence-electron chi connectivity index (χ4n) is 1.45. The van der Waals surface area contributed by atoms with Crippen LogP contribution in [0.3, 0.4) is 0 Å². The maximum atomic E-state index is 5.05. The second kappa shape index (κ2) is 4.31. The summed E-state index contributed by atoms with van der Waals surface area (Å²) in [6, 6.07) is 0. The van der Waals surface area contributed by atoms with Crippen LogP contribution in [0.2, 0.25) is 0 Å². The van der Waals surface area contributed by atoms with Gasteiger partial charge in [0.15, 0.2) is 0 Å². The van der Waals surface area contributed by atoms with E-state index in [2.05, 4.69) is 24.8 Å². The van der Waals surface area contributed by atoms with E-state index in [0.717, 1.165) is 24.5 Å². The third-order valence-electron chi connectivity index (χ3n) is 2.02. The van der Waals surface area contributed by atoms with Gasteiger partial charge in [0.05, 0.1) is 0 Å². The Labute approximate surface area is 74.0 Å². The van der Waals surface area contributed by atoms with Crippen LogP contribution in [0.5, 0.6) is 0 Å². The number of hydrogen-bond donors (Lipinski definition) is 1. The van der Waals surface area contributed by atoms with Gasteiger partial charge in [-0.25, -0.2) is 0 Å². The molecule has 68 valence electrons. The van der Waals surface area contributed by atoms with Crippen molar-refractivity contribution in [2.45, 2.75) is 33.1 Å². The van der Waals surface area contributed by atoms with Gasteiger partial charge in [-0.3, -0.25) is 0 Å². The van der Waals surface area contributed by atoms with Crippen molar-refractivity contribution in [3.63, 3.8) is 0 Å². The van der Waals surface area contributed by atoms with Gasteiger partial charge >= 0.3 is 0 Å². The molecule has 0 aliphatic heterocycles. The molecule has 0 radical (unpaired) electrons. The fourth-order valence-corrected chi connectivity index (χ4v) is 1.45. The van der Waals surface area contributed by atoms with Crippen molar-refractivity contribution < 1.29 is 4.84 Å². The molecule has 2 N–H and O–H groups in total. The summed E-state index contributed by atoms with van der Waals surface area (Å²) in [5.41, 5.74) is 1.51. The van der Waals surface area contributed by atoms with Gasteiger partial charge in [-0.1, -0.05) is 25.5 Å². The maximum absolute atomic E-state index is 5.05. The Bertz CT molecular complexity index is 204. The first-order valence-electron chi connectivity index (χ1n) is 4.47. The summed E-state index contributed by atoms with van der Waals surface area (Å²) in [5.74, 6) is 6.68. The highest BCUT2D eigenvalue weighted by molar-refractivity contribution is 5.20. The highest BCUT2D eigenvalue weighted by Gasteiger charge is 2.07. The molecular weight excluding hydrogens is 150 g/mol. The van der Waals surface area contributed by atoms with Crippen molar-refractivity contribution in [3.8, 4) is 0 Å². The van der Waals surface area contributed by atoms with Crippen LogP contribution in [0.25, 0.3) is 0 Å². The zero-order valence-corrected chi connectivity index (χ0v) is 7.84. The van der Waals surface area contributed by atoms with Gasteiger partial charge in [0.2, 0.25) is 0 Å². The van der Waals surface area contributed by atoms with E-state index in [0.29, 0.717) is 0 Å². The van der Waals surface area contributed by atoms with Crippen molar-refractivity contribution in [3.05, 3.63) is 23.5 Å². The molecule has 1 aliphatic carbocycles. The summed E-state index contributed by atoms with van der Waals surface area (Å²) < 4.78 is 0. The second-order valence-corrected chi connectivity index (χ2v) is 3.67. The largest absolute Gasteiger partial charge is 0.416 e. The van der Waals surface area contributed by atoms with Crippen molar-refractivity contribution in [2.24, 2.45) is 11.8 Å². The van der Waals surface area contributed by atoms with Crippen LogP contribution in [0, 0.1) is 5.92 Å². The van der Waals surface area contributed by atoms with E-state index in [4.69, 9.17) is 5.90 Å². The first kappa shape index (κ1) is 9.33. The van der Waals surface area contributed by atoms with Crippen LogP contribution >= 0.6 is 0 Å². The molecule has 1 rings (SSSR count). The summed E-state index contributed by atoms with van der Waals surface area (Å²) in [5, 5.41) is 0. The average Bonchev–Trinajstić information content (AvgIpc) is 2.05. The topological polar surface area (TPSA) is 35.2 Å². The molecule has 0 bridgehead atoms. The minimum Gasteiger partial charge on any atom is -0.416 e. The lowest BCUT2D eigenvalue weighted by atomic mass is 9.95. The van der Waals surface area contributed by atoms with Gasteiger partial charge in [-0.15, -0.1) is 0 Å². The quantitative estimate of drug-likeness (QED) is 0.655. The predicted octanol–water partition coefficient (Wildman–Crippen LogP) is 2.53. The molecule has 0 heterocycles. The number of nitrogens with two attached hydrogens (primary N) is 1. The van der Waals surface area contributed by atoms with E-state index in [1.807, 2.05) is 6.08 Å². The Kier molecular flexibility index (Phi) is 3.35. The van der Waals surface area contributed by atoms with Crippen molar-refractivity contribution in [1.82, 2.24) is 0 Å². The third kappa shape index (κ3) is 2.70. The highest BCUT2D eigenvalue weighted by Crippen LogP contribution is 2.23. The Morgan fingerprint density at radius 2 is 2.17 bits per heavy atom. The van der Waals surface area contributed by atoms with Gasteiger partial charge in [0.25, 0.3) is 0 Å². The summed E-state index contributed by atoms with van der Waals surface area (Å²) >= 11 is 0. The second-order valence-electron chi connectivity index (χ2n) is 3.67. The molecule has 1 aliphatic rings. The lowest BCUT2D eigenvalue weighted by Crippen LogP contribution is -2.03. The molecule has 0 amide bonds. The molecule has 0 fully saturated rings. The van der Waals surface area contributed by atoms with Gasteiger partial charge in [-0.05, 0) is 24.8 Å². The van der Waals surface area contributed by atoms with Crippen LogP contribution in [0.1, 0.15) is 33.1 Å². The molecule has 0 saturated heterocycles. The zero-order chi connectivity index (χ0) is 8.97. The fraction of sp³-hybridized carbons (Fsp3) is 0.600. The molecule has 0 atom stereocenters. The van der Waals surface area contributed by atoms with E-state index in [-0.39, 0.29) is 0 Å². The molecule has 0 unspecified atom stereocenters. The molecule has 2 heteroatoms. The minimum atomic E-state index is 0.741. The third-order valence-corrected chi connectivity index (χ3v) is 2.02. The van der Waals surface area contributed by atoms with E-state index < -0.39 is 0 Å². The standard InChI is InChI=1S/C10H17NO/c1-8(2)7-9-3-5-10(12-11)6-4-9/h3,5,8H,4,6-7,11H2,1-2H3. The van der Waals surface area contributed by atoms with Gasteiger partial charge in [-0.2, -0.15) is 5.90 Å². The summed E-state index contributed by atoms with van der Waals surface area (Å²) in [6.45, 7) is 4.47. The molecule has 0 spiro atoms. The van der Waals surface area contributed by atoms with Crippen LogP contribution in [0.15, 0.2) is 23.5 Å². The molecule has 0 saturated carbocycles. The Morgan fingerprint density at radius 3 is 2.58 bits per heavy atom. The van der Waals surface area contributed by atoms with Crippen molar-refractivity contribution in [1.29, 1.82) is 0 Å². The molecule has 0 aromatic rings. The highest BCUT2D eigenvalue weighted by atomic mass is 16.6. The molecule has 12 heavy (non-hydrogen) atoms. The van der Waals surface area contributed by atoms with Crippen molar-refractivity contribution in [2.75, 3.05) is 0 Å². The Balaban J connectivity index is 2.48. The predicted molar refractivity (Wildman–Crippen MR) is 50.1 cm³/mol. The molecule has 0 aromatic heterocycles. The Morgan fingerprint density at radius 1 is 1.42 bits per heavy atom. The van der Waals surface area contributed by atoms with Crippen LogP contribution in [-0.4, -0.2) is 0 Å². The first-order chi connectivity index (χ1) is 5.72. The van der Waals surface area contributed by atoms with Gasteiger partial charge in [0, 0.05) is 6.42 Å². The number of hydrogen-bond acceptors (Lipinski definition) is 2. The maximum Gasteiger partial charge on any atom is 0.124 e. The van der Waals surface area contributed by atoms with E-state index in [1.165, 1.54) is 12.0 Å². The Hall–Kier alpha value is -0.760. The number of rotatable bonds is 3. The lowest BCUT2D eigenvalue weighted by Gasteiger charge is -2.14. The van der Waals surface area contributed by atoms with Crippen LogP contribution in [0.4, 0.5) is 0 Å². The van der Waals surface area contributed by atoms with E-state index in [9.17, 15) is 0 Å². The lowest BCUT2D eigenvalue weighted by molar-refractivity contribution is 0.208. The smallest absolute Gasteiger partial charge is 0.124 e. The molecular formula is C10H17NO. The monoisotopic (exact) mass is 167 g/mol. The summed E-state index contributed by atoms with van der Waals surface area (Å²) in [7, 11) is 0. The van der Waals surface area contributed by atoms with E-state index >= 15 is 0 Å². The average molecular weight is 167 g/mol. The van der Waals surface area contributed by atoms with Gasteiger partial charge in [0.1, 0.15) is 5.76 Å². The number of allylic oxidation sites excluding steroid dienone is 4. The van der Waals surface area contributed by atoms with Crippen LogP contribution in [-0.2, 0) is 4.84 Å². The summed E-state index contributed by atoms with van der Waals surface area (Å²) in [4.78, 5) is 4.66. The van der Waals surface area contributed by atoms with Crippen molar-refractivity contribution >= 4 is 0 Å². The van der Waals surface area contributed by atoms with Gasteiger partial charge < -0.3 is 4.84 Å². The normalized spacial score (nSPS) is 17.3. The minimum absolute atomic E-state index is 0.741. The SMILES string of the molecule is CC(C)CC1=CC=C(ON)CC1. The zero-order valence-electron chi connectivity index (χ0n) is 7.84.